The lowest BCUT2D eigenvalue weighted by Crippen LogP contribution is -2.60. The maximum absolute atomic E-state index is 13.9. The molecule has 42 heavy (non-hydrogen) atoms. The number of likely N-dealkylation sites (N-methyl/N-ethyl adjacent to an activating group) is 1. The standard InChI is InChI=1S/C30H35NO10.ClH/c1-13-25(33)17(31(3,4)5)10-20(40-13)41-19-12-30(38,14(2)32)11-16-22(19)29(37)24-23(27(16)35)26(34)15-8-7-9-18(39-6)21(15)28(24)36;/h7-9,13,17,19-20,25,33,38H,10-12H2,1-6H3,(H-,34,35,36,37);1H. The number of methoxy groups -OCH3 is 1. The monoisotopic (exact) mass is 605 g/mol. The highest BCUT2D eigenvalue weighted by Gasteiger charge is 2.49. The number of fused-ring (bicyclic) bond motifs is 3. The fraction of sp³-hybridized carbons (Fsp3) is 0.500. The zero-order chi connectivity index (χ0) is 30.2. The first-order valence-electron chi connectivity index (χ1n) is 13.5. The second-order valence-electron chi connectivity index (χ2n) is 12.1. The Bertz CT molecular complexity index is 1470. The van der Waals surface area contributed by atoms with E-state index in [2.05, 4.69) is 0 Å². The zero-order valence-corrected chi connectivity index (χ0v) is 25.1. The molecule has 0 radical (unpaired) electrons. The molecule has 0 bridgehead atoms. The largest absolute Gasteiger partial charge is 0.872 e. The van der Waals surface area contributed by atoms with Crippen LogP contribution in [0.5, 0.6) is 17.2 Å². The van der Waals surface area contributed by atoms with Crippen LogP contribution in [0.3, 0.4) is 0 Å². The van der Waals surface area contributed by atoms with Crippen LogP contribution in [-0.4, -0.2) is 95.5 Å². The first kappa shape index (κ1) is 31.9. The SMILES string of the molecule is COc1cccc2c1C(=O)c1c(O)c3c(c([O-])c1C2=O)CC(O)(C(C)=O)CC3OC1CC([N+](C)(C)C)C(O)C(C)O1.Cl. The minimum atomic E-state index is -2.03. The molecule has 1 saturated heterocycles. The third kappa shape index (κ3) is 4.87. The van der Waals surface area contributed by atoms with Crippen molar-refractivity contribution in [3.63, 3.8) is 0 Å². The van der Waals surface area contributed by atoms with Crippen molar-refractivity contribution in [2.24, 2.45) is 0 Å². The molecule has 2 aromatic carbocycles. The van der Waals surface area contributed by atoms with Gasteiger partial charge in [0.1, 0.15) is 29.2 Å². The van der Waals surface area contributed by atoms with Crippen LogP contribution in [0.4, 0.5) is 0 Å². The molecule has 0 saturated carbocycles. The number of carbonyl (C=O) groups excluding carboxylic acids is 3. The van der Waals surface area contributed by atoms with Gasteiger partial charge in [-0.25, -0.2) is 0 Å². The van der Waals surface area contributed by atoms with Gasteiger partial charge in [-0.3, -0.25) is 14.4 Å². The molecular formula is C30H36ClNO10. The number of aliphatic hydroxyl groups is 2. The molecule has 3 N–H and O–H groups in total. The Morgan fingerprint density at radius 2 is 1.81 bits per heavy atom. The Morgan fingerprint density at radius 3 is 2.40 bits per heavy atom. The summed E-state index contributed by atoms with van der Waals surface area (Å²) in [4.78, 5) is 39.9. The molecule has 3 aliphatic rings. The third-order valence-electron chi connectivity index (χ3n) is 8.70. The first-order valence-corrected chi connectivity index (χ1v) is 13.5. The van der Waals surface area contributed by atoms with E-state index in [1.807, 2.05) is 21.1 Å². The molecule has 11 nitrogen and oxygen atoms in total. The van der Waals surface area contributed by atoms with Gasteiger partial charge in [0.2, 0.25) is 5.78 Å². The van der Waals surface area contributed by atoms with Gasteiger partial charge in [0, 0.05) is 29.5 Å². The number of Topliss-reactive ketones (excluding diaryl/α,β-unsaturated/α-hetero) is 1. The number of ketones is 3. The van der Waals surface area contributed by atoms with E-state index in [0.717, 1.165) is 0 Å². The Labute approximate surface area is 249 Å². The summed E-state index contributed by atoms with van der Waals surface area (Å²) >= 11 is 0. The Morgan fingerprint density at radius 1 is 1.14 bits per heavy atom. The molecule has 1 aliphatic heterocycles. The van der Waals surface area contributed by atoms with E-state index in [4.69, 9.17) is 14.2 Å². The predicted molar refractivity (Wildman–Crippen MR) is 149 cm³/mol. The summed E-state index contributed by atoms with van der Waals surface area (Å²) in [5.74, 6) is -3.51. The van der Waals surface area contributed by atoms with Gasteiger partial charge in [-0.15, -0.1) is 12.4 Å². The molecule has 228 valence electrons. The van der Waals surface area contributed by atoms with Crippen molar-refractivity contribution in [1.29, 1.82) is 0 Å². The second-order valence-corrected chi connectivity index (χ2v) is 12.1. The number of hydrogen-bond acceptors (Lipinski definition) is 10. The molecule has 5 rings (SSSR count). The van der Waals surface area contributed by atoms with E-state index in [-0.39, 0.29) is 59.3 Å². The van der Waals surface area contributed by atoms with Gasteiger partial charge in [-0.1, -0.05) is 17.9 Å². The normalized spacial score (nSPS) is 28.7. The van der Waals surface area contributed by atoms with Gasteiger partial charge < -0.3 is 39.1 Å². The van der Waals surface area contributed by atoms with Gasteiger partial charge in [0.15, 0.2) is 17.9 Å². The topological polar surface area (TPSA) is 163 Å². The molecule has 0 aromatic heterocycles. The summed E-state index contributed by atoms with van der Waals surface area (Å²) in [5, 5.41) is 47.6. The fourth-order valence-corrected chi connectivity index (χ4v) is 6.36. The average molecular weight is 606 g/mol. The van der Waals surface area contributed by atoms with Crippen LogP contribution in [0.2, 0.25) is 0 Å². The van der Waals surface area contributed by atoms with Crippen LogP contribution in [-0.2, 0) is 20.7 Å². The summed E-state index contributed by atoms with van der Waals surface area (Å²) in [6, 6.07) is 4.12. The maximum atomic E-state index is 13.9. The van der Waals surface area contributed by atoms with Crippen molar-refractivity contribution in [2.75, 3.05) is 28.3 Å². The van der Waals surface area contributed by atoms with Crippen LogP contribution in [0.25, 0.3) is 0 Å². The van der Waals surface area contributed by atoms with E-state index in [0.29, 0.717) is 4.48 Å². The maximum Gasteiger partial charge on any atom is 0.201 e. The predicted octanol–water partition coefficient (Wildman–Crippen LogP) is 1.57. The van der Waals surface area contributed by atoms with Crippen molar-refractivity contribution in [1.82, 2.24) is 0 Å². The molecule has 2 aliphatic carbocycles. The van der Waals surface area contributed by atoms with Gasteiger partial charge >= 0.3 is 0 Å². The highest BCUT2D eigenvalue weighted by Crippen LogP contribution is 2.52. The number of benzene rings is 2. The van der Waals surface area contributed by atoms with E-state index in [1.165, 1.54) is 32.2 Å². The summed E-state index contributed by atoms with van der Waals surface area (Å²) in [6.07, 6.45) is -4.16. The number of phenols is 1. The number of nitrogens with zero attached hydrogens (tertiary/aromatic N) is 1. The van der Waals surface area contributed by atoms with Crippen LogP contribution >= 0.6 is 12.4 Å². The van der Waals surface area contributed by atoms with Crippen LogP contribution in [0, 0.1) is 0 Å². The molecule has 2 aromatic rings. The summed E-state index contributed by atoms with van der Waals surface area (Å²) in [6.45, 7) is 2.88. The van der Waals surface area contributed by atoms with Crippen molar-refractivity contribution in [2.45, 2.75) is 69.4 Å². The summed E-state index contributed by atoms with van der Waals surface area (Å²) < 4.78 is 17.9. The quantitative estimate of drug-likeness (QED) is 0.364. The minimum Gasteiger partial charge on any atom is -0.872 e. The van der Waals surface area contributed by atoms with Crippen molar-refractivity contribution >= 4 is 29.8 Å². The molecule has 0 amide bonds. The van der Waals surface area contributed by atoms with Crippen LogP contribution < -0.4 is 9.84 Å². The van der Waals surface area contributed by atoms with Crippen LogP contribution in [0.15, 0.2) is 18.2 Å². The molecule has 12 heteroatoms. The number of phenolic OH excluding ortho intramolecular Hbond substituents is 1. The molecule has 1 heterocycles. The number of aliphatic hydroxyl groups excluding tert-OH is 1. The average Bonchev–Trinajstić information content (AvgIpc) is 2.89. The smallest absolute Gasteiger partial charge is 0.201 e. The van der Waals surface area contributed by atoms with Gasteiger partial charge in [-0.2, -0.15) is 0 Å². The van der Waals surface area contributed by atoms with E-state index < -0.39 is 76.6 Å². The van der Waals surface area contributed by atoms with Gasteiger partial charge in [0.25, 0.3) is 0 Å². The van der Waals surface area contributed by atoms with E-state index >= 15 is 0 Å². The van der Waals surface area contributed by atoms with Crippen molar-refractivity contribution in [3.8, 4) is 17.2 Å². The second kappa shape index (κ2) is 10.9. The number of halogens is 1. The third-order valence-corrected chi connectivity index (χ3v) is 8.70. The number of hydrogen-bond donors (Lipinski definition) is 3. The number of carbonyl (C=O) groups is 3. The Balaban J connectivity index is 0.00000405. The molecule has 6 unspecified atom stereocenters. The van der Waals surface area contributed by atoms with Crippen molar-refractivity contribution in [3.05, 3.63) is 51.6 Å². The summed E-state index contributed by atoms with van der Waals surface area (Å²) in [5.41, 5.74) is -3.36. The molecule has 0 spiro atoms. The Hall–Kier alpha value is -3.06. The number of rotatable bonds is 5. The lowest BCUT2D eigenvalue weighted by atomic mass is 9.72. The Kier molecular flexibility index (Phi) is 8.26. The van der Waals surface area contributed by atoms with E-state index in [1.54, 1.807) is 6.92 Å². The highest BCUT2D eigenvalue weighted by molar-refractivity contribution is 6.31. The van der Waals surface area contributed by atoms with Gasteiger partial charge in [-0.05, 0) is 25.5 Å². The number of ether oxygens (including phenoxy) is 3. The summed E-state index contributed by atoms with van der Waals surface area (Å²) in [7, 11) is 7.10. The van der Waals surface area contributed by atoms with E-state index in [9.17, 15) is 34.8 Å². The molecule has 1 fully saturated rings. The zero-order valence-electron chi connectivity index (χ0n) is 24.3. The molecule has 6 atom stereocenters. The van der Waals surface area contributed by atoms with Crippen LogP contribution in [0.1, 0.15) is 75.8 Å². The number of quaternary nitrogens is 1. The first-order chi connectivity index (χ1) is 19.1. The molecular weight excluding hydrogens is 570 g/mol. The lowest BCUT2D eigenvalue weighted by Gasteiger charge is -2.46. The number of aromatic hydroxyl groups is 1. The fourth-order valence-electron chi connectivity index (χ4n) is 6.36. The highest BCUT2D eigenvalue weighted by atomic mass is 35.5. The van der Waals surface area contributed by atoms with Gasteiger partial charge in [0.05, 0.1) is 58.0 Å². The lowest BCUT2D eigenvalue weighted by molar-refractivity contribution is -0.903. The van der Waals surface area contributed by atoms with Crippen molar-refractivity contribution < 1.29 is 53.5 Å². The minimum absolute atomic E-state index is 0.